The molecule has 5 rings (SSSR count). The standard InChI is InChI=1S/C26H20ClN5O2/c27-23-11-10-22-24(31-23)25(29-17-28-22)30-21-7-2-1-5-19(21)9-8-18-4-3-6-20(16-18)26(33)32-12-14-34-15-13-32/h1-7,10-11,16-17H,12-15H2,(H,28,29,30). The van der Waals surface area contributed by atoms with Crippen LogP contribution in [0, 0.1) is 11.8 Å². The first kappa shape index (κ1) is 21.8. The second kappa shape index (κ2) is 9.87. The zero-order valence-electron chi connectivity index (χ0n) is 18.2. The van der Waals surface area contributed by atoms with Crippen molar-refractivity contribution in [3.05, 3.63) is 88.8 Å². The van der Waals surface area contributed by atoms with Crippen LogP contribution in [0.25, 0.3) is 11.0 Å². The summed E-state index contributed by atoms with van der Waals surface area (Å²) in [6, 6.07) is 18.5. The van der Waals surface area contributed by atoms with Crippen LogP contribution in [-0.4, -0.2) is 52.1 Å². The van der Waals surface area contributed by atoms with Gasteiger partial charge in [-0.25, -0.2) is 15.0 Å². The fourth-order valence-electron chi connectivity index (χ4n) is 3.66. The van der Waals surface area contributed by atoms with Crippen molar-refractivity contribution in [1.29, 1.82) is 0 Å². The summed E-state index contributed by atoms with van der Waals surface area (Å²) in [7, 11) is 0. The molecule has 1 saturated heterocycles. The van der Waals surface area contributed by atoms with Crippen molar-refractivity contribution in [3.63, 3.8) is 0 Å². The van der Waals surface area contributed by atoms with E-state index in [1.165, 1.54) is 6.33 Å². The number of ether oxygens (including phenoxy) is 1. The summed E-state index contributed by atoms with van der Waals surface area (Å²) in [5.41, 5.74) is 4.20. The number of amides is 1. The van der Waals surface area contributed by atoms with E-state index in [0.29, 0.717) is 53.9 Å². The maximum Gasteiger partial charge on any atom is 0.254 e. The topological polar surface area (TPSA) is 80.2 Å². The molecule has 1 amide bonds. The van der Waals surface area contributed by atoms with Gasteiger partial charge in [-0.15, -0.1) is 0 Å². The molecule has 0 spiro atoms. The third-order valence-electron chi connectivity index (χ3n) is 5.38. The molecule has 4 aromatic rings. The van der Waals surface area contributed by atoms with Crippen molar-refractivity contribution < 1.29 is 9.53 Å². The van der Waals surface area contributed by atoms with Gasteiger partial charge in [0.2, 0.25) is 0 Å². The number of benzene rings is 2. The molecule has 1 aliphatic heterocycles. The average Bonchev–Trinajstić information content (AvgIpc) is 2.89. The number of hydrogen-bond donors (Lipinski definition) is 1. The van der Waals surface area contributed by atoms with Crippen LogP contribution in [0.4, 0.5) is 11.5 Å². The van der Waals surface area contributed by atoms with Crippen molar-refractivity contribution >= 4 is 40.0 Å². The number of carbonyl (C=O) groups is 1. The molecule has 1 aliphatic rings. The van der Waals surface area contributed by atoms with E-state index in [1.54, 1.807) is 12.1 Å². The molecular weight excluding hydrogens is 450 g/mol. The fourth-order valence-corrected chi connectivity index (χ4v) is 3.80. The minimum Gasteiger partial charge on any atom is -0.378 e. The Morgan fingerprint density at radius 3 is 2.74 bits per heavy atom. The number of nitrogens with zero attached hydrogens (tertiary/aromatic N) is 4. The van der Waals surface area contributed by atoms with E-state index < -0.39 is 0 Å². The Kier molecular flexibility index (Phi) is 6.34. The number of nitrogens with one attached hydrogen (secondary N) is 1. The quantitative estimate of drug-likeness (QED) is 0.356. The maximum atomic E-state index is 12.8. The number of aromatic nitrogens is 3. The van der Waals surface area contributed by atoms with Gasteiger partial charge >= 0.3 is 0 Å². The number of anilines is 2. The zero-order chi connectivity index (χ0) is 23.3. The van der Waals surface area contributed by atoms with Crippen LogP contribution in [0.1, 0.15) is 21.5 Å². The third kappa shape index (κ3) is 4.84. The second-order valence-corrected chi connectivity index (χ2v) is 8.02. The Labute approximate surface area is 201 Å². The van der Waals surface area contributed by atoms with Gasteiger partial charge in [0.1, 0.15) is 17.0 Å². The Balaban J connectivity index is 1.41. The summed E-state index contributed by atoms with van der Waals surface area (Å²) in [6.45, 7) is 2.34. The van der Waals surface area contributed by atoms with Crippen LogP contribution in [0.3, 0.4) is 0 Å². The molecular formula is C26H20ClN5O2. The van der Waals surface area contributed by atoms with Crippen molar-refractivity contribution in [2.24, 2.45) is 0 Å². The summed E-state index contributed by atoms with van der Waals surface area (Å²) in [5, 5.41) is 3.67. The lowest BCUT2D eigenvalue weighted by atomic mass is 10.1. The van der Waals surface area contributed by atoms with Gasteiger partial charge in [-0.3, -0.25) is 4.79 Å². The predicted octanol–water partition coefficient (Wildman–Crippen LogP) is 4.29. The Morgan fingerprint density at radius 1 is 1.00 bits per heavy atom. The number of carbonyl (C=O) groups excluding carboxylic acids is 1. The number of pyridine rings is 1. The fraction of sp³-hybridized carbons (Fsp3) is 0.154. The molecule has 0 atom stereocenters. The van der Waals surface area contributed by atoms with Crippen LogP contribution in [0.2, 0.25) is 5.15 Å². The van der Waals surface area contributed by atoms with E-state index in [0.717, 1.165) is 16.8 Å². The van der Waals surface area contributed by atoms with Gasteiger partial charge in [0, 0.05) is 29.8 Å². The van der Waals surface area contributed by atoms with E-state index in [4.69, 9.17) is 16.3 Å². The molecule has 7 nitrogen and oxygen atoms in total. The molecule has 168 valence electrons. The number of para-hydroxylation sites is 1. The molecule has 1 N–H and O–H groups in total. The SMILES string of the molecule is O=C(c1cccc(C#Cc2ccccc2Nc2ncnc3ccc(Cl)nc23)c1)N1CCOCC1. The van der Waals surface area contributed by atoms with E-state index in [9.17, 15) is 4.79 Å². The summed E-state index contributed by atoms with van der Waals surface area (Å²) in [6.07, 6.45) is 1.48. The largest absolute Gasteiger partial charge is 0.378 e. The molecule has 3 heterocycles. The highest BCUT2D eigenvalue weighted by Gasteiger charge is 2.18. The van der Waals surface area contributed by atoms with Crippen molar-refractivity contribution in [2.45, 2.75) is 0 Å². The zero-order valence-corrected chi connectivity index (χ0v) is 18.9. The van der Waals surface area contributed by atoms with Crippen LogP contribution < -0.4 is 5.32 Å². The van der Waals surface area contributed by atoms with Gasteiger partial charge in [0.15, 0.2) is 5.82 Å². The van der Waals surface area contributed by atoms with E-state index in [2.05, 4.69) is 32.1 Å². The van der Waals surface area contributed by atoms with Gasteiger partial charge in [-0.1, -0.05) is 41.6 Å². The molecule has 34 heavy (non-hydrogen) atoms. The Hall–Kier alpha value is -3.99. The van der Waals surface area contributed by atoms with Crippen LogP contribution in [-0.2, 0) is 4.74 Å². The molecule has 2 aromatic heterocycles. The maximum absolute atomic E-state index is 12.8. The van der Waals surface area contributed by atoms with Gasteiger partial charge < -0.3 is 15.0 Å². The van der Waals surface area contributed by atoms with Gasteiger partial charge in [0.25, 0.3) is 5.91 Å². The highest BCUT2D eigenvalue weighted by molar-refractivity contribution is 6.29. The molecule has 0 aliphatic carbocycles. The lowest BCUT2D eigenvalue weighted by molar-refractivity contribution is 0.0303. The number of rotatable bonds is 3. The summed E-state index contributed by atoms with van der Waals surface area (Å²) in [4.78, 5) is 27.5. The predicted molar refractivity (Wildman–Crippen MR) is 131 cm³/mol. The number of fused-ring (bicyclic) bond motifs is 1. The highest BCUT2D eigenvalue weighted by Crippen LogP contribution is 2.24. The highest BCUT2D eigenvalue weighted by atomic mass is 35.5. The summed E-state index contributed by atoms with van der Waals surface area (Å²) >= 11 is 6.08. The van der Waals surface area contributed by atoms with E-state index in [1.807, 2.05) is 53.4 Å². The van der Waals surface area contributed by atoms with E-state index in [-0.39, 0.29) is 5.91 Å². The molecule has 2 aromatic carbocycles. The Morgan fingerprint density at radius 2 is 1.85 bits per heavy atom. The first-order valence-electron chi connectivity index (χ1n) is 10.8. The number of halogens is 1. The minimum atomic E-state index is -0.00387. The van der Waals surface area contributed by atoms with Gasteiger partial charge in [-0.05, 0) is 42.5 Å². The van der Waals surface area contributed by atoms with E-state index >= 15 is 0 Å². The molecule has 0 saturated carbocycles. The molecule has 0 unspecified atom stereocenters. The summed E-state index contributed by atoms with van der Waals surface area (Å²) < 4.78 is 5.34. The van der Waals surface area contributed by atoms with Gasteiger partial charge in [-0.2, -0.15) is 0 Å². The van der Waals surface area contributed by atoms with Gasteiger partial charge in [0.05, 0.1) is 24.4 Å². The number of hydrogen-bond acceptors (Lipinski definition) is 6. The molecule has 8 heteroatoms. The third-order valence-corrected chi connectivity index (χ3v) is 5.59. The number of morpholine rings is 1. The lowest BCUT2D eigenvalue weighted by Crippen LogP contribution is -2.40. The van der Waals surface area contributed by atoms with Crippen LogP contribution in [0.15, 0.2) is 67.0 Å². The summed E-state index contributed by atoms with van der Waals surface area (Å²) in [5.74, 6) is 6.92. The average molecular weight is 470 g/mol. The van der Waals surface area contributed by atoms with Crippen molar-refractivity contribution in [2.75, 3.05) is 31.6 Å². The second-order valence-electron chi connectivity index (χ2n) is 7.63. The van der Waals surface area contributed by atoms with Crippen molar-refractivity contribution in [1.82, 2.24) is 19.9 Å². The normalized spacial score (nSPS) is 13.3. The van der Waals surface area contributed by atoms with Crippen LogP contribution in [0.5, 0.6) is 0 Å². The minimum absolute atomic E-state index is 0.00387. The Bertz CT molecular complexity index is 1420. The smallest absolute Gasteiger partial charge is 0.254 e. The molecule has 1 fully saturated rings. The lowest BCUT2D eigenvalue weighted by Gasteiger charge is -2.26. The monoisotopic (exact) mass is 469 g/mol. The first-order chi connectivity index (χ1) is 16.7. The molecule has 0 radical (unpaired) electrons. The first-order valence-corrected chi connectivity index (χ1v) is 11.2. The van der Waals surface area contributed by atoms with Crippen molar-refractivity contribution in [3.8, 4) is 11.8 Å². The van der Waals surface area contributed by atoms with Crippen LogP contribution >= 0.6 is 11.6 Å². The molecule has 0 bridgehead atoms.